The molecule has 0 atom stereocenters. The number of fused-ring (bicyclic) bond motifs is 1. The van der Waals surface area contributed by atoms with Crippen molar-refractivity contribution in [2.24, 2.45) is 0 Å². The maximum absolute atomic E-state index is 9.63. The van der Waals surface area contributed by atoms with Crippen molar-refractivity contribution >= 4 is 16.6 Å². The van der Waals surface area contributed by atoms with Crippen LogP contribution in [0.1, 0.15) is 5.69 Å². The molecule has 2 aromatic rings. The second-order valence-corrected chi connectivity index (χ2v) is 3.26. The van der Waals surface area contributed by atoms with E-state index in [-0.39, 0.29) is 5.75 Å². The van der Waals surface area contributed by atoms with E-state index in [1.165, 1.54) is 7.11 Å². The highest BCUT2D eigenvalue weighted by atomic mass is 16.5. The monoisotopic (exact) mass is 192 g/mol. The number of nitrogens with two attached hydrogens (primary N) is 1. The van der Waals surface area contributed by atoms with Gasteiger partial charge in [-0.15, -0.1) is 0 Å². The van der Waals surface area contributed by atoms with Crippen molar-refractivity contribution < 1.29 is 9.84 Å². The van der Waals surface area contributed by atoms with E-state index in [4.69, 9.17) is 10.5 Å². The third-order valence-corrected chi connectivity index (χ3v) is 2.25. The summed E-state index contributed by atoms with van der Waals surface area (Å²) in [5.74, 6) is 0.385. The number of phenols is 1. The third kappa shape index (κ3) is 1.08. The van der Waals surface area contributed by atoms with E-state index < -0.39 is 0 Å². The van der Waals surface area contributed by atoms with Gasteiger partial charge >= 0.3 is 0 Å². The second kappa shape index (κ2) is 2.83. The van der Waals surface area contributed by atoms with Gasteiger partial charge in [0.2, 0.25) is 0 Å². The van der Waals surface area contributed by atoms with Gasteiger partial charge in [-0.1, -0.05) is 0 Å². The van der Waals surface area contributed by atoms with Gasteiger partial charge in [-0.2, -0.15) is 0 Å². The highest BCUT2D eigenvalue weighted by Gasteiger charge is 2.11. The summed E-state index contributed by atoms with van der Waals surface area (Å²) in [7, 11) is 1.50. The zero-order valence-electron chi connectivity index (χ0n) is 8.09. The summed E-state index contributed by atoms with van der Waals surface area (Å²) in [6, 6.07) is 3.71. The van der Waals surface area contributed by atoms with Gasteiger partial charge in [0.15, 0.2) is 11.5 Å². The number of H-pyrrole nitrogens is 1. The Hall–Kier alpha value is -1.84. The quantitative estimate of drug-likeness (QED) is 0.476. The molecule has 0 saturated carbocycles. The van der Waals surface area contributed by atoms with Crippen LogP contribution in [0, 0.1) is 6.92 Å². The molecule has 4 nitrogen and oxygen atoms in total. The lowest BCUT2D eigenvalue weighted by Crippen LogP contribution is -1.91. The normalized spacial score (nSPS) is 10.7. The molecule has 0 saturated heterocycles. The fourth-order valence-electron chi connectivity index (χ4n) is 1.56. The predicted molar refractivity (Wildman–Crippen MR) is 55.7 cm³/mol. The number of benzene rings is 1. The minimum Gasteiger partial charge on any atom is -0.503 e. The number of ether oxygens (including phenoxy) is 1. The average Bonchev–Trinajstić information content (AvgIpc) is 2.52. The minimum atomic E-state index is -0.0122. The van der Waals surface area contributed by atoms with E-state index in [1.807, 2.05) is 13.0 Å². The summed E-state index contributed by atoms with van der Waals surface area (Å²) in [5, 5.41) is 10.6. The zero-order valence-corrected chi connectivity index (χ0v) is 8.09. The van der Waals surface area contributed by atoms with E-state index in [0.717, 1.165) is 16.6 Å². The summed E-state index contributed by atoms with van der Waals surface area (Å²) in [4.78, 5) is 3.08. The molecule has 1 aromatic heterocycles. The molecular formula is C10H12N2O2. The van der Waals surface area contributed by atoms with Crippen LogP contribution >= 0.6 is 0 Å². The van der Waals surface area contributed by atoms with Gasteiger partial charge in [-0.25, -0.2) is 0 Å². The van der Waals surface area contributed by atoms with Crippen LogP contribution < -0.4 is 10.5 Å². The van der Waals surface area contributed by atoms with Crippen LogP contribution in [0.25, 0.3) is 10.9 Å². The van der Waals surface area contributed by atoms with Gasteiger partial charge in [0, 0.05) is 11.1 Å². The predicted octanol–water partition coefficient (Wildman–Crippen LogP) is 1.77. The summed E-state index contributed by atoms with van der Waals surface area (Å²) >= 11 is 0. The first-order chi connectivity index (χ1) is 6.63. The molecule has 0 spiro atoms. The first kappa shape index (κ1) is 8.74. The van der Waals surface area contributed by atoms with Crippen LogP contribution in [0.4, 0.5) is 5.69 Å². The Kier molecular flexibility index (Phi) is 1.77. The Bertz CT molecular complexity index is 488. The first-order valence-electron chi connectivity index (χ1n) is 4.28. The number of methoxy groups -OCH3 is 1. The molecule has 2 rings (SSSR count). The van der Waals surface area contributed by atoms with Crippen LogP contribution in [-0.2, 0) is 0 Å². The van der Waals surface area contributed by atoms with Gasteiger partial charge < -0.3 is 20.6 Å². The number of hydrogen-bond donors (Lipinski definition) is 3. The standard InChI is InChI=1S/C10H12N2O2/c1-5-3-6-4-7(14-2)10(13)8(11)9(6)12-5/h3-4,12-13H,11H2,1-2H3. The Morgan fingerprint density at radius 2 is 2.14 bits per heavy atom. The molecule has 1 aromatic carbocycles. The van der Waals surface area contributed by atoms with Crippen molar-refractivity contribution in [2.45, 2.75) is 6.92 Å². The minimum absolute atomic E-state index is 0.0122. The number of nitrogen functional groups attached to an aromatic ring is 1. The summed E-state index contributed by atoms with van der Waals surface area (Å²) in [6.45, 7) is 1.93. The number of aryl methyl sites for hydroxylation is 1. The molecule has 1 heterocycles. The molecule has 0 aliphatic heterocycles. The number of hydrogen-bond acceptors (Lipinski definition) is 3. The van der Waals surface area contributed by atoms with Crippen molar-refractivity contribution in [2.75, 3.05) is 12.8 Å². The fourth-order valence-corrected chi connectivity index (χ4v) is 1.56. The molecule has 0 amide bonds. The lowest BCUT2D eigenvalue weighted by atomic mass is 10.2. The van der Waals surface area contributed by atoms with Gasteiger partial charge in [-0.3, -0.25) is 0 Å². The van der Waals surface area contributed by atoms with Gasteiger partial charge in [0.1, 0.15) is 5.69 Å². The Morgan fingerprint density at radius 3 is 2.79 bits per heavy atom. The molecule has 0 radical (unpaired) electrons. The van der Waals surface area contributed by atoms with Gasteiger partial charge in [-0.05, 0) is 19.1 Å². The number of anilines is 1. The van der Waals surface area contributed by atoms with Crippen molar-refractivity contribution in [1.82, 2.24) is 4.98 Å². The Labute approximate surface area is 81.3 Å². The summed E-state index contributed by atoms with van der Waals surface area (Å²) < 4.78 is 5.00. The third-order valence-electron chi connectivity index (χ3n) is 2.25. The SMILES string of the molecule is COc1cc2cc(C)[nH]c2c(N)c1O. The number of aromatic nitrogens is 1. The molecular weight excluding hydrogens is 180 g/mol. The summed E-state index contributed by atoms with van der Waals surface area (Å²) in [5.41, 5.74) is 7.82. The maximum Gasteiger partial charge on any atom is 0.183 e. The van der Waals surface area contributed by atoms with Crippen molar-refractivity contribution in [3.63, 3.8) is 0 Å². The smallest absolute Gasteiger partial charge is 0.183 e. The van der Waals surface area contributed by atoms with Crippen molar-refractivity contribution in [3.8, 4) is 11.5 Å². The fraction of sp³-hybridized carbons (Fsp3) is 0.200. The molecule has 4 N–H and O–H groups in total. The highest BCUT2D eigenvalue weighted by Crippen LogP contribution is 2.38. The van der Waals surface area contributed by atoms with Crippen molar-refractivity contribution in [1.29, 1.82) is 0 Å². The van der Waals surface area contributed by atoms with E-state index in [1.54, 1.807) is 6.07 Å². The lowest BCUT2D eigenvalue weighted by Gasteiger charge is -2.06. The largest absolute Gasteiger partial charge is 0.503 e. The molecule has 0 aliphatic rings. The highest BCUT2D eigenvalue weighted by molar-refractivity contribution is 5.95. The molecule has 0 fully saturated rings. The molecule has 0 aliphatic carbocycles. The molecule has 74 valence electrons. The second-order valence-electron chi connectivity index (χ2n) is 3.26. The Morgan fingerprint density at radius 1 is 1.43 bits per heavy atom. The van der Waals surface area contributed by atoms with E-state index in [2.05, 4.69) is 4.98 Å². The zero-order chi connectivity index (χ0) is 10.3. The molecule has 4 heteroatoms. The molecule has 0 unspecified atom stereocenters. The van der Waals surface area contributed by atoms with Gasteiger partial charge in [0.05, 0.1) is 12.6 Å². The summed E-state index contributed by atoms with van der Waals surface area (Å²) in [6.07, 6.45) is 0. The number of nitrogens with one attached hydrogen (secondary N) is 1. The van der Waals surface area contributed by atoms with Crippen LogP contribution in [0.5, 0.6) is 11.5 Å². The number of aromatic hydroxyl groups is 1. The van der Waals surface area contributed by atoms with E-state index >= 15 is 0 Å². The number of phenolic OH excluding ortho intramolecular Hbond substituents is 1. The molecule has 14 heavy (non-hydrogen) atoms. The number of aromatic amines is 1. The first-order valence-corrected chi connectivity index (χ1v) is 4.28. The van der Waals surface area contributed by atoms with E-state index in [9.17, 15) is 5.11 Å². The van der Waals surface area contributed by atoms with Gasteiger partial charge in [0.25, 0.3) is 0 Å². The average molecular weight is 192 g/mol. The topological polar surface area (TPSA) is 71.3 Å². The molecule has 0 bridgehead atoms. The Balaban J connectivity index is 2.84. The van der Waals surface area contributed by atoms with Crippen LogP contribution in [-0.4, -0.2) is 17.2 Å². The maximum atomic E-state index is 9.63. The van der Waals surface area contributed by atoms with Crippen LogP contribution in [0.15, 0.2) is 12.1 Å². The lowest BCUT2D eigenvalue weighted by molar-refractivity contribution is 0.375. The number of rotatable bonds is 1. The van der Waals surface area contributed by atoms with Crippen molar-refractivity contribution in [3.05, 3.63) is 17.8 Å². The van der Waals surface area contributed by atoms with Crippen LogP contribution in [0.2, 0.25) is 0 Å². The van der Waals surface area contributed by atoms with E-state index in [0.29, 0.717) is 11.4 Å². The van der Waals surface area contributed by atoms with Crippen LogP contribution in [0.3, 0.4) is 0 Å².